The number of aliphatic hydroxyl groups is 1. The van der Waals surface area contributed by atoms with Crippen LogP contribution in [-0.2, 0) is 6.42 Å². The van der Waals surface area contributed by atoms with E-state index in [0.29, 0.717) is 17.3 Å². The monoisotopic (exact) mass is 280 g/mol. The third kappa shape index (κ3) is 2.02. The van der Waals surface area contributed by atoms with Crippen molar-refractivity contribution in [3.05, 3.63) is 48.0 Å². The van der Waals surface area contributed by atoms with Crippen molar-refractivity contribution in [2.24, 2.45) is 23.2 Å². The van der Waals surface area contributed by atoms with Crippen molar-refractivity contribution in [3.63, 3.8) is 0 Å². The highest BCUT2D eigenvalue weighted by molar-refractivity contribution is 5.82. The lowest BCUT2D eigenvalue weighted by molar-refractivity contribution is -0.169. The second-order valence-electron chi connectivity index (χ2n) is 7.73. The van der Waals surface area contributed by atoms with Crippen LogP contribution in [0.1, 0.15) is 32.3 Å². The van der Waals surface area contributed by atoms with E-state index in [2.05, 4.69) is 56.3 Å². The first-order valence-electron chi connectivity index (χ1n) is 8.21. The molecule has 1 N–H and O–H groups in total. The number of benzene rings is 2. The number of hydrogen-bond acceptors (Lipinski definition) is 1. The SMILES string of the molecule is CC1(C)[C@H]2C[C@H](Cc3ccc4ccccc4c3)[C@H](O)[C@@H]1C2. The van der Waals surface area contributed by atoms with E-state index >= 15 is 0 Å². The van der Waals surface area contributed by atoms with Crippen LogP contribution in [0.4, 0.5) is 0 Å². The molecule has 1 heteroatoms. The van der Waals surface area contributed by atoms with Crippen LogP contribution in [0.5, 0.6) is 0 Å². The third-order valence-corrected chi connectivity index (χ3v) is 6.34. The van der Waals surface area contributed by atoms with E-state index in [0.717, 1.165) is 12.3 Å². The van der Waals surface area contributed by atoms with E-state index in [9.17, 15) is 5.11 Å². The summed E-state index contributed by atoms with van der Waals surface area (Å²) in [5.74, 6) is 1.78. The van der Waals surface area contributed by atoms with Gasteiger partial charge in [-0.05, 0) is 58.8 Å². The fourth-order valence-electron chi connectivity index (χ4n) is 4.74. The molecule has 3 aliphatic carbocycles. The number of hydrogen-bond donors (Lipinski definition) is 1. The average molecular weight is 280 g/mol. The summed E-state index contributed by atoms with van der Waals surface area (Å²) in [6.07, 6.45) is 3.34. The molecule has 3 aliphatic rings. The second kappa shape index (κ2) is 4.58. The summed E-state index contributed by atoms with van der Waals surface area (Å²) >= 11 is 0. The molecular weight excluding hydrogens is 256 g/mol. The zero-order valence-electron chi connectivity index (χ0n) is 12.9. The van der Waals surface area contributed by atoms with E-state index in [-0.39, 0.29) is 6.10 Å². The number of aliphatic hydroxyl groups excluding tert-OH is 1. The van der Waals surface area contributed by atoms with E-state index in [1.54, 1.807) is 0 Å². The maximum Gasteiger partial charge on any atom is 0.0605 e. The normalized spacial score (nSPS) is 33.7. The molecule has 3 saturated carbocycles. The molecule has 4 atom stereocenters. The Morgan fingerprint density at radius 2 is 1.81 bits per heavy atom. The molecule has 0 spiro atoms. The Morgan fingerprint density at radius 3 is 2.52 bits per heavy atom. The highest BCUT2D eigenvalue weighted by Gasteiger charge is 2.57. The largest absolute Gasteiger partial charge is 0.393 e. The van der Waals surface area contributed by atoms with Crippen molar-refractivity contribution < 1.29 is 5.11 Å². The lowest BCUT2D eigenvalue weighted by atomic mass is 9.45. The summed E-state index contributed by atoms with van der Waals surface area (Å²) in [4.78, 5) is 0. The summed E-state index contributed by atoms with van der Waals surface area (Å²) in [7, 11) is 0. The molecule has 0 unspecified atom stereocenters. The Balaban J connectivity index is 1.56. The minimum atomic E-state index is -0.114. The van der Waals surface area contributed by atoms with Crippen LogP contribution in [-0.4, -0.2) is 11.2 Å². The predicted molar refractivity (Wildman–Crippen MR) is 87.1 cm³/mol. The first-order chi connectivity index (χ1) is 10.1. The van der Waals surface area contributed by atoms with Gasteiger partial charge < -0.3 is 5.11 Å². The van der Waals surface area contributed by atoms with Gasteiger partial charge in [0, 0.05) is 0 Å². The minimum absolute atomic E-state index is 0.114. The van der Waals surface area contributed by atoms with Gasteiger partial charge in [-0.15, -0.1) is 0 Å². The summed E-state index contributed by atoms with van der Waals surface area (Å²) in [5, 5.41) is 13.3. The topological polar surface area (TPSA) is 20.2 Å². The first kappa shape index (κ1) is 13.3. The molecule has 0 aromatic heterocycles. The quantitative estimate of drug-likeness (QED) is 0.863. The van der Waals surface area contributed by atoms with Crippen LogP contribution in [0.25, 0.3) is 10.8 Å². The van der Waals surface area contributed by atoms with Crippen molar-refractivity contribution in [1.29, 1.82) is 0 Å². The summed E-state index contributed by atoms with van der Waals surface area (Å²) in [6.45, 7) is 4.67. The Kier molecular flexibility index (Phi) is 2.91. The molecule has 2 aromatic carbocycles. The standard InChI is InChI=1S/C20H24O/c1-20(2)17-11-16(19(21)18(20)12-17)10-13-7-8-14-5-3-4-6-15(14)9-13/h3-9,16-19,21H,10-12H2,1-2H3/t16-,17-,18-,19-/m0/s1. The molecular formula is C20H24O. The molecule has 3 fully saturated rings. The van der Waals surface area contributed by atoms with Crippen molar-refractivity contribution >= 4 is 10.8 Å². The van der Waals surface area contributed by atoms with Gasteiger partial charge >= 0.3 is 0 Å². The molecule has 0 amide bonds. The first-order valence-corrected chi connectivity index (χ1v) is 8.21. The van der Waals surface area contributed by atoms with Gasteiger partial charge in [0.2, 0.25) is 0 Å². The van der Waals surface area contributed by atoms with Gasteiger partial charge in [0.15, 0.2) is 0 Å². The van der Waals surface area contributed by atoms with E-state index < -0.39 is 0 Å². The molecule has 2 bridgehead atoms. The summed E-state index contributed by atoms with van der Waals surface area (Å²) < 4.78 is 0. The predicted octanol–water partition coefficient (Wildman–Crippen LogP) is 4.43. The second-order valence-corrected chi connectivity index (χ2v) is 7.73. The molecule has 0 radical (unpaired) electrons. The Labute approximate surface area is 127 Å². The summed E-state index contributed by atoms with van der Waals surface area (Å²) in [5.41, 5.74) is 1.73. The van der Waals surface area contributed by atoms with E-state index in [1.165, 1.54) is 29.2 Å². The smallest absolute Gasteiger partial charge is 0.0605 e. The van der Waals surface area contributed by atoms with Crippen LogP contribution < -0.4 is 0 Å². The van der Waals surface area contributed by atoms with E-state index in [1.807, 2.05) is 0 Å². The highest BCUT2D eigenvalue weighted by Crippen LogP contribution is 2.61. The number of rotatable bonds is 2. The van der Waals surface area contributed by atoms with Crippen LogP contribution in [0.3, 0.4) is 0 Å². The molecule has 1 nitrogen and oxygen atoms in total. The zero-order chi connectivity index (χ0) is 14.6. The van der Waals surface area contributed by atoms with E-state index in [4.69, 9.17) is 0 Å². The van der Waals surface area contributed by atoms with Crippen molar-refractivity contribution in [1.82, 2.24) is 0 Å². The van der Waals surface area contributed by atoms with Crippen LogP contribution in [0.2, 0.25) is 0 Å². The van der Waals surface area contributed by atoms with Crippen LogP contribution >= 0.6 is 0 Å². The summed E-state index contributed by atoms with van der Waals surface area (Å²) in [6, 6.07) is 15.3. The highest BCUT2D eigenvalue weighted by atomic mass is 16.3. The third-order valence-electron chi connectivity index (χ3n) is 6.34. The van der Waals surface area contributed by atoms with Gasteiger partial charge in [-0.1, -0.05) is 56.3 Å². The maximum atomic E-state index is 10.7. The average Bonchev–Trinajstić information content (AvgIpc) is 2.48. The van der Waals surface area contributed by atoms with Crippen molar-refractivity contribution in [2.75, 3.05) is 0 Å². The Bertz CT molecular complexity index is 672. The lowest BCUT2D eigenvalue weighted by Crippen LogP contribution is -2.58. The van der Waals surface area contributed by atoms with Gasteiger partial charge in [-0.3, -0.25) is 0 Å². The molecule has 0 heterocycles. The molecule has 21 heavy (non-hydrogen) atoms. The number of fused-ring (bicyclic) bond motifs is 3. The zero-order valence-corrected chi connectivity index (χ0v) is 12.9. The molecule has 5 rings (SSSR count). The molecule has 2 aromatic rings. The fraction of sp³-hybridized carbons (Fsp3) is 0.500. The van der Waals surface area contributed by atoms with Crippen molar-refractivity contribution in [3.8, 4) is 0 Å². The van der Waals surface area contributed by atoms with Crippen molar-refractivity contribution in [2.45, 2.75) is 39.2 Å². The molecule has 110 valence electrons. The van der Waals surface area contributed by atoms with Gasteiger partial charge in [-0.2, -0.15) is 0 Å². The molecule has 0 saturated heterocycles. The minimum Gasteiger partial charge on any atom is -0.393 e. The Morgan fingerprint density at radius 1 is 1.05 bits per heavy atom. The maximum absolute atomic E-state index is 10.7. The van der Waals surface area contributed by atoms with Crippen LogP contribution in [0.15, 0.2) is 42.5 Å². The fourth-order valence-corrected chi connectivity index (χ4v) is 4.74. The van der Waals surface area contributed by atoms with Gasteiger partial charge in [-0.25, -0.2) is 0 Å². The van der Waals surface area contributed by atoms with Gasteiger partial charge in [0.05, 0.1) is 6.10 Å². The lowest BCUT2D eigenvalue weighted by Gasteiger charge is -2.61. The van der Waals surface area contributed by atoms with Crippen LogP contribution in [0, 0.1) is 23.2 Å². The van der Waals surface area contributed by atoms with Gasteiger partial charge in [0.1, 0.15) is 0 Å². The Hall–Kier alpha value is -1.34. The van der Waals surface area contributed by atoms with Gasteiger partial charge in [0.25, 0.3) is 0 Å². The molecule has 0 aliphatic heterocycles.